The first-order chi connectivity index (χ1) is 7.98. The quantitative estimate of drug-likeness (QED) is 0.828. The maximum absolute atomic E-state index is 12.9. The molecule has 5 heteroatoms. The Morgan fingerprint density at radius 3 is 2.24 bits per heavy atom. The lowest BCUT2D eigenvalue weighted by molar-refractivity contribution is -0.00602. The molecule has 1 aromatic carbocycles. The van der Waals surface area contributed by atoms with Crippen molar-refractivity contribution in [1.29, 1.82) is 0 Å². The van der Waals surface area contributed by atoms with Crippen LogP contribution in [0.4, 0.5) is 8.78 Å². The van der Waals surface area contributed by atoms with Gasteiger partial charge in [-0.15, -0.1) is 0 Å². The van der Waals surface area contributed by atoms with E-state index in [0.717, 1.165) is 11.1 Å². The van der Waals surface area contributed by atoms with Crippen LogP contribution in [0.25, 0.3) is 5.57 Å². The highest BCUT2D eigenvalue weighted by Gasteiger charge is 2.30. The van der Waals surface area contributed by atoms with Crippen molar-refractivity contribution in [2.24, 2.45) is 0 Å². The Bertz CT molecular complexity index is 508. The average molecular weight is 258 g/mol. The second-order valence-corrected chi connectivity index (χ2v) is 5.12. The van der Waals surface area contributed by atoms with Gasteiger partial charge in [-0.25, -0.2) is 17.2 Å². The summed E-state index contributed by atoms with van der Waals surface area (Å²) in [7, 11) is -2.58. The van der Waals surface area contributed by atoms with Crippen LogP contribution in [-0.4, -0.2) is 14.3 Å². The van der Waals surface area contributed by atoms with Crippen molar-refractivity contribution in [3.05, 3.63) is 35.9 Å². The van der Waals surface area contributed by atoms with E-state index in [-0.39, 0.29) is 17.7 Å². The van der Waals surface area contributed by atoms with Gasteiger partial charge in [-0.2, -0.15) is 0 Å². The molecule has 0 bridgehead atoms. The summed E-state index contributed by atoms with van der Waals surface area (Å²) in [5.41, 5.74) is 1.68. The number of thiol groups is 1. The number of rotatable bonds is 2. The number of halogens is 2. The minimum absolute atomic E-state index is 0.142. The standard InChI is InChI=1S/C12H12F2O2S/c13-12(14)7-5-10(6-8-12)9-1-3-11(4-2-9)17(15)16/h1-5,17H,6-8H2. The van der Waals surface area contributed by atoms with Gasteiger partial charge in [-0.1, -0.05) is 18.2 Å². The van der Waals surface area contributed by atoms with Gasteiger partial charge in [-0.05, 0) is 29.7 Å². The summed E-state index contributed by atoms with van der Waals surface area (Å²) in [6, 6.07) is 6.31. The van der Waals surface area contributed by atoms with E-state index in [0.29, 0.717) is 6.42 Å². The van der Waals surface area contributed by atoms with Crippen LogP contribution in [0.2, 0.25) is 0 Å². The van der Waals surface area contributed by atoms with Gasteiger partial charge in [0, 0.05) is 12.8 Å². The molecule has 0 N–H and O–H groups in total. The Morgan fingerprint density at radius 1 is 1.12 bits per heavy atom. The van der Waals surface area contributed by atoms with Gasteiger partial charge in [0.1, 0.15) is 0 Å². The SMILES string of the molecule is O=[SH](=O)c1ccc(C2=CCC(F)(F)CC2)cc1. The van der Waals surface area contributed by atoms with E-state index < -0.39 is 16.6 Å². The van der Waals surface area contributed by atoms with Crippen LogP contribution < -0.4 is 0 Å². The Morgan fingerprint density at radius 2 is 1.76 bits per heavy atom. The van der Waals surface area contributed by atoms with Gasteiger partial charge < -0.3 is 0 Å². The molecule has 17 heavy (non-hydrogen) atoms. The van der Waals surface area contributed by atoms with Crippen molar-refractivity contribution in [3.8, 4) is 0 Å². The van der Waals surface area contributed by atoms with Gasteiger partial charge in [0.2, 0.25) is 0 Å². The lowest BCUT2D eigenvalue weighted by atomic mass is 9.91. The first-order valence-electron chi connectivity index (χ1n) is 5.30. The van der Waals surface area contributed by atoms with Crippen LogP contribution in [-0.2, 0) is 10.7 Å². The van der Waals surface area contributed by atoms with Crippen molar-refractivity contribution < 1.29 is 17.2 Å². The van der Waals surface area contributed by atoms with Crippen molar-refractivity contribution >= 4 is 16.3 Å². The van der Waals surface area contributed by atoms with Crippen molar-refractivity contribution in [1.82, 2.24) is 0 Å². The molecule has 92 valence electrons. The molecular formula is C12H12F2O2S. The second-order valence-electron chi connectivity index (χ2n) is 4.09. The summed E-state index contributed by atoms with van der Waals surface area (Å²) in [5, 5.41) is 0. The molecule has 0 saturated heterocycles. The Kier molecular flexibility index (Phi) is 3.28. The highest BCUT2D eigenvalue weighted by atomic mass is 32.2. The van der Waals surface area contributed by atoms with Crippen LogP contribution in [0.1, 0.15) is 24.8 Å². The average Bonchev–Trinajstić information content (AvgIpc) is 2.29. The molecule has 0 radical (unpaired) electrons. The summed E-state index contributed by atoms with van der Waals surface area (Å²) in [5.74, 6) is -2.60. The zero-order valence-electron chi connectivity index (χ0n) is 9.03. The normalized spacial score (nSPS) is 19.1. The summed E-state index contributed by atoms with van der Waals surface area (Å²) in [4.78, 5) is 0.241. The highest BCUT2D eigenvalue weighted by molar-refractivity contribution is 7.72. The molecular weight excluding hydrogens is 246 g/mol. The zero-order chi connectivity index (χ0) is 12.5. The number of benzene rings is 1. The van der Waals surface area contributed by atoms with E-state index in [2.05, 4.69) is 0 Å². The molecule has 0 spiro atoms. The van der Waals surface area contributed by atoms with Crippen LogP contribution in [0.5, 0.6) is 0 Å². The van der Waals surface area contributed by atoms with Gasteiger partial charge in [0.25, 0.3) is 5.92 Å². The van der Waals surface area contributed by atoms with E-state index >= 15 is 0 Å². The van der Waals surface area contributed by atoms with E-state index in [9.17, 15) is 17.2 Å². The van der Waals surface area contributed by atoms with Gasteiger partial charge in [-0.3, -0.25) is 0 Å². The topological polar surface area (TPSA) is 34.1 Å². The molecule has 0 heterocycles. The van der Waals surface area contributed by atoms with Crippen molar-refractivity contribution in [3.63, 3.8) is 0 Å². The van der Waals surface area contributed by atoms with E-state index in [1.165, 1.54) is 18.2 Å². The second kappa shape index (κ2) is 4.56. The minimum Gasteiger partial charge on any atom is -0.227 e. The molecule has 0 unspecified atom stereocenters. The monoisotopic (exact) mass is 258 g/mol. The van der Waals surface area contributed by atoms with Crippen molar-refractivity contribution in [2.45, 2.75) is 30.1 Å². The molecule has 1 aromatic rings. The summed E-state index contributed by atoms with van der Waals surface area (Å²) >= 11 is 0. The minimum atomic E-state index is -2.60. The Labute approximate surface area is 99.9 Å². The smallest absolute Gasteiger partial charge is 0.227 e. The summed E-state index contributed by atoms with van der Waals surface area (Å²) < 4.78 is 47.3. The zero-order valence-corrected chi connectivity index (χ0v) is 9.92. The lowest BCUT2D eigenvalue weighted by Crippen LogP contribution is -2.18. The van der Waals surface area contributed by atoms with E-state index in [4.69, 9.17) is 0 Å². The maximum atomic E-state index is 12.9. The fourth-order valence-electron chi connectivity index (χ4n) is 1.85. The molecule has 2 nitrogen and oxygen atoms in total. The molecule has 0 atom stereocenters. The first kappa shape index (κ1) is 12.2. The Balaban J connectivity index is 2.22. The van der Waals surface area contributed by atoms with E-state index in [1.807, 2.05) is 0 Å². The lowest BCUT2D eigenvalue weighted by Gasteiger charge is -2.21. The Hall–Kier alpha value is -1.23. The fraction of sp³-hybridized carbons (Fsp3) is 0.333. The first-order valence-corrected chi connectivity index (χ1v) is 6.47. The molecule has 2 rings (SSSR count). The molecule has 0 fully saturated rings. The predicted molar refractivity (Wildman–Crippen MR) is 61.8 cm³/mol. The molecule has 0 aliphatic heterocycles. The molecule has 1 aliphatic rings. The van der Waals surface area contributed by atoms with Crippen LogP contribution in [0.3, 0.4) is 0 Å². The molecule has 0 saturated carbocycles. The van der Waals surface area contributed by atoms with Gasteiger partial charge in [0.15, 0.2) is 10.7 Å². The third kappa shape index (κ3) is 2.91. The highest BCUT2D eigenvalue weighted by Crippen LogP contribution is 2.36. The summed E-state index contributed by atoms with van der Waals surface area (Å²) in [6.45, 7) is 0. The largest absolute Gasteiger partial charge is 0.251 e. The fourth-order valence-corrected chi connectivity index (χ4v) is 2.25. The van der Waals surface area contributed by atoms with E-state index in [1.54, 1.807) is 12.1 Å². The predicted octanol–water partition coefficient (Wildman–Crippen LogP) is 2.86. The third-order valence-corrected chi connectivity index (χ3v) is 3.58. The van der Waals surface area contributed by atoms with Crippen LogP contribution in [0.15, 0.2) is 35.2 Å². The number of hydrogen-bond acceptors (Lipinski definition) is 2. The number of hydrogen-bond donors (Lipinski definition) is 1. The van der Waals surface area contributed by atoms with Gasteiger partial charge in [0.05, 0.1) is 4.90 Å². The van der Waals surface area contributed by atoms with Gasteiger partial charge >= 0.3 is 0 Å². The summed E-state index contributed by atoms with van der Waals surface area (Å²) in [6.07, 6.45) is 1.49. The van der Waals surface area contributed by atoms with Crippen LogP contribution in [0, 0.1) is 0 Å². The third-order valence-electron chi connectivity index (χ3n) is 2.86. The molecule has 0 amide bonds. The molecule has 0 aromatic heterocycles. The van der Waals surface area contributed by atoms with Crippen LogP contribution >= 0.6 is 0 Å². The maximum Gasteiger partial charge on any atom is 0.251 e. The van der Waals surface area contributed by atoms with Crippen molar-refractivity contribution in [2.75, 3.05) is 0 Å². The molecule has 1 aliphatic carbocycles. The number of allylic oxidation sites excluding steroid dienone is 2. The number of alkyl halides is 2.